The van der Waals surface area contributed by atoms with E-state index in [0.717, 1.165) is 0 Å². The van der Waals surface area contributed by atoms with E-state index in [1.165, 1.54) is 0 Å². The molecule has 1 aromatic carbocycles. The van der Waals surface area contributed by atoms with Crippen LogP contribution in [0.3, 0.4) is 0 Å². The van der Waals surface area contributed by atoms with Gasteiger partial charge in [0.15, 0.2) is 0 Å². The number of hydrazine groups is 1. The van der Waals surface area contributed by atoms with Crippen LogP contribution >= 0.6 is 11.6 Å². The molecule has 1 heterocycles. The van der Waals surface area contributed by atoms with E-state index in [9.17, 15) is 14.4 Å². The lowest BCUT2D eigenvalue weighted by molar-refractivity contribution is -0.132. The van der Waals surface area contributed by atoms with E-state index in [4.69, 9.17) is 11.6 Å². The molecule has 3 N–H and O–H groups in total. The minimum atomic E-state index is -0.995. The second kappa shape index (κ2) is 5.61. The number of rotatable bonds is 3. The van der Waals surface area contributed by atoms with Crippen LogP contribution in [0.15, 0.2) is 24.3 Å². The van der Waals surface area contributed by atoms with Crippen LogP contribution in [0.25, 0.3) is 0 Å². The van der Waals surface area contributed by atoms with Crippen molar-refractivity contribution in [2.24, 2.45) is 0 Å². The summed E-state index contributed by atoms with van der Waals surface area (Å²) in [6.07, 6.45) is 0.425. The second-order valence-electron chi connectivity index (χ2n) is 4.83. The van der Waals surface area contributed by atoms with Gasteiger partial charge in [0, 0.05) is 10.7 Å². The molecule has 1 fully saturated rings. The summed E-state index contributed by atoms with van der Waals surface area (Å²) in [5, 5.41) is 6.25. The fraction of sp³-hybridized carbons (Fsp3) is 0.308. The van der Waals surface area contributed by atoms with Crippen LogP contribution < -0.4 is 16.1 Å². The maximum atomic E-state index is 12.1. The Morgan fingerprint density at radius 2 is 1.95 bits per heavy atom. The Hall–Kier alpha value is -2.28. The number of imide groups is 1. The molecular weight excluding hydrogens is 296 g/mol. The Morgan fingerprint density at radius 1 is 1.33 bits per heavy atom. The van der Waals surface area contributed by atoms with Crippen LogP contribution in [0.2, 0.25) is 5.02 Å². The van der Waals surface area contributed by atoms with Crippen molar-refractivity contribution in [2.75, 3.05) is 5.32 Å². The molecule has 21 heavy (non-hydrogen) atoms. The summed E-state index contributed by atoms with van der Waals surface area (Å²) in [5.41, 5.74) is 1.71. The van der Waals surface area contributed by atoms with Gasteiger partial charge in [-0.15, -0.1) is 0 Å². The highest BCUT2D eigenvalue weighted by Gasteiger charge is 2.47. The van der Waals surface area contributed by atoms with Crippen molar-refractivity contribution in [2.45, 2.75) is 25.8 Å². The van der Waals surface area contributed by atoms with Gasteiger partial charge in [0.2, 0.25) is 0 Å². The molecule has 1 saturated heterocycles. The fourth-order valence-corrected chi connectivity index (χ4v) is 1.95. The Kier molecular flexibility index (Phi) is 4.04. The number of hydrogen-bond acceptors (Lipinski definition) is 3. The first-order valence-corrected chi connectivity index (χ1v) is 6.73. The summed E-state index contributed by atoms with van der Waals surface area (Å²) in [4.78, 5) is 35.6. The SMILES string of the molecule is CCC1(C)NC(=O)N(NC(=O)Nc2ccc(Cl)cc2)C1=O. The van der Waals surface area contributed by atoms with E-state index in [1.54, 1.807) is 38.1 Å². The van der Waals surface area contributed by atoms with E-state index >= 15 is 0 Å². The quantitative estimate of drug-likeness (QED) is 0.747. The average Bonchev–Trinajstić information content (AvgIpc) is 2.66. The summed E-state index contributed by atoms with van der Waals surface area (Å²) in [7, 11) is 0. The van der Waals surface area contributed by atoms with Crippen LogP contribution in [0.4, 0.5) is 15.3 Å². The molecule has 0 aliphatic carbocycles. The van der Waals surface area contributed by atoms with Crippen LogP contribution in [-0.4, -0.2) is 28.5 Å². The number of benzene rings is 1. The van der Waals surface area contributed by atoms with Gasteiger partial charge in [0.1, 0.15) is 5.54 Å². The topological polar surface area (TPSA) is 90.5 Å². The molecule has 0 bridgehead atoms. The number of carbonyl (C=O) groups is 3. The third kappa shape index (κ3) is 3.08. The van der Waals surface area contributed by atoms with E-state index in [2.05, 4.69) is 16.1 Å². The Labute approximate surface area is 126 Å². The monoisotopic (exact) mass is 310 g/mol. The molecule has 1 aliphatic rings. The third-order valence-electron chi connectivity index (χ3n) is 3.28. The molecular formula is C13H15ClN4O3. The zero-order valence-electron chi connectivity index (χ0n) is 11.6. The van der Waals surface area contributed by atoms with Crippen LogP contribution in [0.5, 0.6) is 0 Å². The molecule has 1 atom stereocenters. The van der Waals surface area contributed by atoms with Crippen molar-refractivity contribution in [1.82, 2.24) is 15.8 Å². The number of urea groups is 2. The van der Waals surface area contributed by atoms with Gasteiger partial charge in [-0.25, -0.2) is 15.0 Å². The summed E-state index contributed by atoms with van der Waals surface area (Å²) in [6, 6.07) is 5.07. The summed E-state index contributed by atoms with van der Waals surface area (Å²) in [5.74, 6) is -0.499. The van der Waals surface area contributed by atoms with Gasteiger partial charge in [0.25, 0.3) is 5.91 Å². The minimum Gasteiger partial charge on any atom is -0.322 e. The molecule has 112 valence electrons. The molecule has 0 spiro atoms. The maximum Gasteiger partial charge on any atom is 0.344 e. The summed E-state index contributed by atoms with van der Waals surface area (Å²) < 4.78 is 0. The Bertz CT molecular complexity index is 590. The molecule has 0 saturated carbocycles. The number of halogens is 1. The van der Waals surface area contributed by atoms with E-state index in [1.807, 2.05) is 0 Å². The third-order valence-corrected chi connectivity index (χ3v) is 3.54. The van der Waals surface area contributed by atoms with E-state index in [-0.39, 0.29) is 0 Å². The number of hydrogen-bond donors (Lipinski definition) is 3. The van der Waals surface area contributed by atoms with Crippen molar-refractivity contribution < 1.29 is 14.4 Å². The first-order chi connectivity index (χ1) is 9.85. The van der Waals surface area contributed by atoms with Gasteiger partial charge >= 0.3 is 12.1 Å². The lowest BCUT2D eigenvalue weighted by atomic mass is 10.00. The molecule has 0 radical (unpaired) electrons. The summed E-state index contributed by atoms with van der Waals surface area (Å²) >= 11 is 5.74. The summed E-state index contributed by atoms with van der Waals surface area (Å²) in [6.45, 7) is 3.38. The van der Waals surface area contributed by atoms with Gasteiger partial charge < -0.3 is 10.6 Å². The van der Waals surface area contributed by atoms with E-state index in [0.29, 0.717) is 22.1 Å². The highest BCUT2D eigenvalue weighted by molar-refractivity contribution is 6.30. The highest BCUT2D eigenvalue weighted by atomic mass is 35.5. The minimum absolute atomic E-state index is 0.425. The zero-order valence-corrected chi connectivity index (χ0v) is 12.3. The smallest absolute Gasteiger partial charge is 0.322 e. The van der Waals surface area contributed by atoms with Gasteiger partial charge in [0.05, 0.1) is 0 Å². The highest BCUT2D eigenvalue weighted by Crippen LogP contribution is 2.19. The molecule has 7 nitrogen and oxygen atoms in total. The second-order valence-corrected chi connectivity index (χ2v) is 5.27. The standard InChI is InChI=1S/C13H15ClN4O3/c1-3-13(2)10(19)18(12(21)16-13)17-11(20)15-9-6-4-8(14)5-7-9/h4-7H,3H2,1-2H3,(H,16,21)(H2,15,17,20). The lowest BCUT2D eigenvalue weighted by Gasteiger charge is -2.19. The first kappa shape index (κ1) is 15.1. The number of carbonyl (C=O) groups excluding carboxylic acids is 3. The number of anilines is 1. The average molecular weight is 311 g/mol. The molecule has 1 aromatic rings. The normalized spacial score (nSPS) is 21.2. The van der Waals surface area contributed by atoms with E-state index < -0.39 is 23.5 Å². The molecule has 5 amide bonds. The van der Waals surface area contributed by atoms with Crippen LogP contribution in [0.1, 0.15) is 20.3 Å². The predicted molar refractivity (Wildman–Crippen MR) is 77.7 cm³/mol. The Morgan fingerprint density at radius 3 is 2.48 bits per heavy atom. The number of nitrogens with zero attached hydrogens (tertiary/aromatic N) is 1. The number of nitrogens with one attached hydrogen (secondary N) is 3. The molecule has 1 unspecified atom stereocenters. The van der Waals surface area contributed by atoms with Gasteiger partial charge in [-0.2, -0.15) is 5.01 Å². The van der Waals surface area contributed by atoms with Crippen molar-refractivity contribution in [3.05, 3.63) is 29.3 Å². The largest absolute Gasteiger partial charge is 0.344 e. The Balaban J connectivity index is 2.01. The fourth-order valence-electron chi connectivity index (χ4n) is 1.82. The van der Waals surface area contributed by atoms with Crippen molar-refractivity contribution in [1.29, 1.82) is 0 Å². The molecule has 1 aliphatic heterocycles. The molecule has 8 heteroatoms. The van der Waals surface area contributed by atoms with Crippen molar-refractivity contribution >= 4 is 35.3 Å². The molecule has 2 rings (SSSR count). The lowest BCUT2D eigenvalue weighted by Crippen LogP contribution is -2.49. The van der Waals surface area contributed by atoms with Gasteiger partial charge in [-0.05, 0) is 37.6 Å². The van der Waals surface area contributed by atoms with Crippen molar-refractivity contribution in [3.63, 3.8) is 0 Å². The number of amides is 5. The van der Waals surface area contributed by atoms with Gasteiger partial charge in [-0.3, -0.25) is 4.79 Å². The van der Waals surface area contributed by atoms with Crippen LogP contribution in [0, 0.1) is 0 Å². The van der Waals surface area contributed by atoms with Crippen LogP contribution in [-0.2, 0) is 4.79 Å². The zero-order chi connectivity index (χ0) is 15.6. The predicted octanol–water partition coefficient (Wildman–Crippen LogP) is 2.10. The van der Waals surface area contributed by atoms with Crippen molar-refractivity contribution in [3.8, 4) is 0 Å². The van der Waals surface area contributed by atoms with Gasteiger partial charge in [-0.1, -0.05) is 18.5 Å². The first-order valence-electron chi connectivity index (χ1n) is 6.35. The molecule has 0 aromatic heterocycles. The maximum absolute atomic E-state index is 12.1.